The van der Waals surface area contributed by atoms with E-state index in [4.69, 9.17) is 9.47 Å². The normalized spacial score (nSPS) is 23.8. The minimum absolute atomic E-state index is 0.00247. The Balaban J connectivity index is 1.16. The van der Waals surface area contributed by atoms with E-state index in [1.54, 1.807) is 4.90 Å². The van der Waals surface area contributed by atoms with Crippen molar-refractivity contribution in [2.24, 2.45) is 5.92 Å². The molecule has 0 bridgehead atoms. The van der Waals surface area contributed by atoms with E-state index in [0.29, 0.717) is 13.0 Å². The standard InChI is InChI=1S/C27H30N2O6/c30-25(29-12-13-34-24(15-29)26(31)32)17-6-5-7-18(14-17)28-27(33)35-16-23-21-10-3-1-8-19(21)20-9-2-4-11-22(20)23/h1-4,8-11,17-18,23-24H,5-7,12-16H2,(H,28,33)(H,31,32)/t17-,18+,24?/m0/s1. The average Bonchev–Trinajstić information content (AvgIpc) is 3.21. The Morgan fingerprint density at radius 1 is 1.03 bits per heavy atom. The third-order valence-corrected chi connectivity index (χ3v) is 7.34. The van der Waals surface area contributed by atoms with Gasteiger partial charge >= 0.3 is 12.1 Å². The van der Waals surface area contributed by atoms with Gasteiger partial charge in [-0.25, -0.2) is 9.59 Å². The Bertz CT molecular complexity index is 1070. The second-order valence-corrected chi connectivity index (χ2v) is 9.51. The van der Waals surface area contributed by atoms with Gasteiger partial charge in [-0.1, -0.05) is 55.0 Å². The second-order valence-electron chi connectivity index (χ2n) is 9.51. The molecule has 35 heavy (non-hydrogen) atoms. The molecule has 1 aliphatic heterocycles. The lowest BCUT2D eigenvalue weighted by molar-refractivity contribution is -0.161. The van der Waals surface area contributed by atoms with Crippen LogP contribution < -0.4 is 5.32 Å². The molecule has 2 aliphatic carbocycles. The molecule has 1 unspecified atom stereocenters. The van der Waals surface area contributed by atoms with E-state index in [2.05, 4.69) is 29.6 Å². The van der Waals surface area contributed by atoms with Gasteiger partial charge in [-0.15, -0.1) is 0 Å². The Morgan fingerprint density at radius 3 is 2.40 bits per heavy atom. The number of nitrogens with one attached hydrogen (secondary N) is 1. The number of morpholine rings is 1. The van der Waals surface area contributed by atoms with Crippen LogP contribution in [0.4, 0.5) is 4.79 Å². The molecule has 0 spiro atoms. The molecule has 0 aromatic heterocycles. The van der Waals surface area contributed by atoms with E-state index in [1.807, 2.05) is 24.3 Å². The van der Waals surface area contributed by atoms with Gasteiger partial charge in [-0.3, -0.25) is 4.79 Å². The van der Waals surface area contributed by atoms with E-state index in [9.17, 15) is 19.5 Å². The minimum Gasteiger partial charge on any atom is -0.479 e. The molecule has 5 rings (SSSR count). The van der Waals surface area contributed by atoms with Crippen LogP contribution in [0.5, 0.6) is 0 Å². The lowest BCUT2D eigenvalue weighted by Crippen LogP contribution is -2.51. The number of rotatable bonds is 5. The van der Waals surface area contributed by atoms with Crippen LogP contribution in [-0.2, 0) is 19.1 Å². The largest absolute Gasteiger partial charge is 0.479 e. The number of fused-ring (bicyclic) bond motifs is 3. The highest BCUT2D eigenvalue weighted by atomic mass is 16.5. The van der Waals surface area contributed by atoms with Gasteiger partial charge in [0.1, 0.15) is 6.61 Å². The van der Waals surface area contributed by atoms with Crippen LogP contribution in [-0.4, -0.2) is 66.4 Å². The van der Waals surface area contributed by atoms with E-state index in [1.165, 1.54) is 11.1 Å². The third-order valence-electron chi connectivity index (χ3n) is 7.34. The molecular formula is C27H30N2O6. The topological polar surface area (TPSA) is 105 Å². The molecule has 1 saturated carbocycles. The highest BCUT2D eigenvalue weighted by molar-refractivity contribution is 5.81. The number of amides is 2. The zero-order valence-electron chi connectivity index (χ0n) is 19.5. The fourth-order valence-electron chi connectivity index (χ4n) is 5.61. The molecule has 0 radical (unpaired) electrons. The summed E-state index contributed by atoms with van der Waals surface area (Å²) in [6.07, 6.45) is 1.41. The van der Waals surface area contributed by atoms with Crippen LogP contribution >= 0.6 is 0 Å². The number of carboxylic acid groups (broad SMARTS) is 1. The number of carbonyl (C=O) groups excluding carboxylic acids is 2. The number of ether oxygens (including phenoxy) is 2. The molecule has 3 aliphatic rings. The van der Waals surface area contributed by atoms with Crippen molar-refractivity contribution in [3.05, 3.63) is 59.7 Å². The molecule has 8 heteroatoms. The summed E-state index contributed by atoms with van der Waals surface area (Å²) in [5, 5.41) is 12.2. The van der Waals surface area contributed by atoms with Crippen molar-refractivity contribution < 1.29 is 29.0 Å². The lowest BCUT2D eigenvalue weighted by atomic mass is 9.84. The molecule has 2 aromatic rings. The highest BCUT2D eigenvalue weighted by Crippen LogP contribution is 2.44. The van der Waals surface area contributed by atoms with Gasteiger partial charge in [-0.05, 0) is 41.5 Å². The number of carboxylic acids is 1. The summed E-state index contributed by atoms with van der Waals surface area (Å²) in [4.78, 5) is 38.5. The Morgan fingerprint density at radius 2 is 1.71 bits per heavy atom. The predicted octanol–water partition coefficient (Wildman–Crippen LogP) is 3.40. The zero-order chi connectivity index (χ0) is 24.4. The summed E-state index contributed by atoms with van der Waals surface area (Å²) < 4.78 is 10.9. The van der Waals surface area contributed by atoms with Crippen molar-refractivity contribution in [2.45, 2.75) is 43.7 Å². The number of nitrogens with zero attached hydrogens (tertiary/aromatic N) is 1. The second kappa shape index (κ2) is 10.1. The van der Waals surface area contributed by atoms with E-state index >= 15 is 0 Å². The fourth-order valence-corrected chi connectivity index (χ4v) is 5.61. The first kappa shape index (κ1) is 23.4. The van der Waals surface area contributed by atoms with Gasteiger partial charge in [0.05, 0.1) is 13.2 Å². The van der Waals surface area contributed by atoms with Crippen LogP contribution in [0.3, 0.4) is 0 Å². The van der Waals surface area contributed by atoms with Gasteiger partial charge in [-0.2, -0.15) is 0 Å². The first-order valence-corrected chi connectivity index (χ1v) is 12.3. The van der Waals surface area contributed by atoms with Gasteiger partial charge < -0.3 is 24.8 Å². The number of benzene rings is 2. The molecule has 2 fully saturated rings. The number of hydrogen-bond donors (Lipinski definition) is 2. The highest BCUT2D eigenvalue weighted by Gasteiger charge is 2.35. The average molecular weight is 479 g/mol. The molecule has 2 N–H and O–H groups in total. The summed E-state index contributed by atoms with van der Waals surface area (Å²) in [5.41, 5.74) is 4.68. The summed E-state index contributed by atoms with van der Waals surface area (Å²) >= 11 is 0. The maximum absolute atomic E-state index is 13.0. The fraction of sp³-hybridized carbons (Fsp3) is 0.444. The number of aliphatic carboxylic acids is 1. The van der Waals surface area contributed by atoms with Crippen molar-refractivity contribution in [3.63, 3.8) is 0 Å². The lowest BCUT2D eigenvalue weighted by Gasteiger charge is -2.36. The SMILES string of the molecule is O=C(N[C@@H]1CCC[C@H](C(=O)N2CCOC(C(=O)O)C2)C1)OCC1c2ccccc2-c2ccccc21. The molecule has 2 amide bonds. The van der Waals surface area contributed by atoms with Crippen LogP contribution in [0.15, 0.2) is 48.5 Å². The molecule has 2 aromatic carbocycles. The third kappa shape index (κ3) is 4.89. The van der Waals surface area contributed by atoms with E-state index < -0.39 is 18.2 Å². The maximum Gasteiger partial charge on any atom is 0.407 e. The minimum atomic E-state index is -1.05. The molecular weight excluding hydrogens is 448 g/mol. The summed E-state index contributed by atoms with van der Waals surface area (Å²) in [5.74, 6) is -1.35. The smallest absolute Gasteiger partial charge is 0.407 e. The molecule has 184 valence electrons. The van der Waals surface area contributed by atoms with Crippen molar-refractivity contribution in [3.8, 4) is 11.1 Å². The zero-order valence-corrected chi connectivity index (χ0v) is 19.5. The molecule has 1 heterocycles. The van der Waals surface area contributed by atoms with Gasteiger partial charge in [0.25, 0.3) is 0 Å². The Labute approximate surface area is 204 Å². The Hall–Kier alpha value is -3.39. The molecule has 3 atom stereocenters. The number of alkyl carbamates (subject to hydrolysis) is 1. The van der Waals surface area contributed by atoms with Crippen LogP contribution in [0.1, 0.15) is 42.7 Å². The number of hydrogen-bond acceptors (Lipinski definition) is 5. The monoisotopic (exact) mass is 478 g/mol. The number of carbonyl (C=O) groups is 3. The molecule has 1 saturated heterocycles. The van der Waals surface area contributed by atoms with Crippen LogP contribution in [0, 0.1) is 5.92 Å². The van der Waals surface area contributed by atoms with Crippen LogP contribution in [0.25, 0.3) is 11.1 Å². The maximum atomic E-state index is 13.0. The van der Waals surface area contributed by atoms with Gasteiger partial charge in [0, 0.05) is 24.4 Å². The van der Waals surface area contributed by atoms with Crippen molar-refractivity contribution in [1.29, 1.82) is 0 Å². The van der Waals surface area contributed by atoms with Crippen molar-refractivity contribution in [2.75, 3.05) is 26.3 Å². The molecule has 8 nitrogen and oxygen atoms in total. The van der Waals surface area contributed by atoms with Crippen LogP contribution in [0.2, 0.25) is 0 Å². The summed E-state index contributed by atoms with van der Waals surface area (Å²) in [6.45, 7) is 0.925. The quantitative estimate of drug-likeness (QED) is 0.683. The predicted molar refractivity (Wildman–Crippen MR) is 128 cm³/mol. The van der Waals surface area contributed by atoms with E-state index in [0.717, 1.165) is 30.4 Å². The van der Waals surface area contributed by atoms with Crippen molar-refractivity contribution in [1.82, 2.24) is 10.2 Å². The summed E-state index contributed by atoms with van der Waals surface area (Å²) in [6, 6.07) is 16.3. The first-order valence-electron chi connectivity index (χ1n) is 12.3. The van der Waals surface area contributed by atoms with E-state index in [-0.39, 0.29) is 43.5 Å². The first-order chi connectivity index (χ1) is 17.0. The summed E-state index contributed by atoms with van der Waals surface area (Å²) in [7, 11) is 0. The van der Waals surface area contributed by atoms with Gasteiger partial charge in [0.15, 0.2) is 6.10 Å². The Kier molecular flexibility index (Phi) is 6.72. The van der Waals surface area contributed by atoms with Gasteiger partial charge in [0.2, 0.25) is 5.91 Å². The van der Waals surface area contributed by atoms with Crippen molar-refractivity contribution >= 4 is 18.0 Å².